The first-order valence-corrected chi connectivity index (χ1v) is 23.9. The Labute approximate surface area is 397 Å². The predicted octanol–water partition coefficient (Wildman–Crippen LogP) is 4.22. The van der Waals surface area contributed by atoms with E-state index in [1.807, 2.05) is 54.5 Å². The van der Waals surface area contributed by atoms with Crippen LogP contribution in [0.5, 0.6) is 0 Å². The molecule has 0 saturated carbocycles. The first-order valence-electron chi connectivity index (χ1n) is 23.9. The number of hydrogen-bond donors (Lipinski definition) is 3. The summed E-state index contributed by atoms with van der Waals surface area (Å²) in [6.07, 6.45) is 4.64. The molecule has 2 heterocycles. The number of likely N-dealkylation sites (tertiary alicyclic amines) is 1. The van der Waals surface area contributed by atoms with Crippen molar-refractivity contribution in [1.29, 1.82) is 0 Å². The molecule has 0 radical (unpaired) electrons. The monoisotopic (exact) mass is 939 g/mol. The van der Waals surface area contributed by atoms with Crippen LogP contribution in [-0.2, 0) is 54.3 Å². The van der Waals surface area contributed by atoms with Gasteiger partial charge in [0.2, 0.25) is 29.5 Å². The minimum Gasteiger partial charge on any atom is -0.480 e. The van der Waals surface area contributed by atoms with Crippen molar-refractivity contribution < 1.29 is 52.9 Å². The van der Waals surface area contributed by atoms with E-state index in [4.69, 9.17) is 9.47 Å². The molecule has 0 bridgehead atoms. The third-order valence-electron chi connectivity index (χ3n) is 13.7. The summed E-state index contributed by atoms with van der Waals surface area (Å²) in [4.78, 5) is 112. The van der Waals surface area contributed by atoms with Gasteiger partial charge >= 0.3 is 5.97 Å². The van der Waals surface area contributed by atoms with E-state index >= 15 is 0 Å². The van der Waals surface area contributed by atoms with Crippen molar-refractivity contribution in [3.63, 3.8) is 0 Å². The first-order chi connectivity index (χ1) is 31.6. The van der Waals surface area contributed by atoms with Gasteiger partial charge in [0.15, 0.2) is 0 Å². The van der Waals surface area contributed by atoms with Crippen molar-refractivity contribution >= 4 is 47.3 Å². The zero-order chi connectivity index (χ0) is 50.3. The van der Waals surface area contributed by atoms with Gasteiger partial charge in [0.25, 0.3) is 11.8 Å². The largest absolute Gasteiger partial charge is 0.480 e. The number of likely N-dealkylation sites (N-methyl/N-ethyl adjacent to an activating group) is 2. The lowest BCUT2D eigenvalue weighted by Gasteiger charge is -2.41. The summed E-state index contributed by atoms with van der Waals surface area (Å²) in [7, 11) is 6.22. The highest BCUT2D eigenvalue weighted by atomic mass is 16.5. The summed E-state index contributed by atoms with van der Waals surface area (Å²) < 4.78 is 12.0. The van der Waals surface area contributed by atoms with Crippen LogP contribution in [0.1, 0.15) is 112 Å². The number of carboxylic acids is 1. The van der Waals surface area contributed by atoms with Crippen molar-refractivity contribution in [1.82, 2.24) is 30.2 Å². The van der Waals surface area contributed by atoms with E-state index in [1.165, 1.54) is 36.2 Å². The Morgan fingerprint density at radius 2 is 1.45 bits per heavy atom. The van der Waals surface area contributed by atoms with Crippen LogP contribution < -0.4 is 10.6 Å². The predicted molar refractivity (Wildman–Crippen MR) is 253 cm³/mol. The molecule has 1 aromatic rings. The Bertz CT molecular complexity index is 1870. The van der Waals surface area contributed by atoms with Crippen molar-refractivity contribution in [2.75, 3.05) is 34.9 Å². The fourth-order valence-corrected chi connectivity index (χ4v) is 9.58. The second-order valence-electron chi connectivity index (χ2n) is 19.1. The normalized spacial score (nSPS) is 19.7. The van der Waals surface area contributed by atoms with Gasteiger partial charge in [-0.3, -0.25) is 38.5 Å². The number of unbranched alkanes of at least 4 members (excludes halogenated alkanes) is 2. The summed E-state index contributed by atoms with van der Waals surface area (Å²) >= 11 is 0. The van der Waals surface area contributed by atoms with Gasteiger partial charge in [0, 0.05) is 65.9 Å². The minimum atomic E-state index is -1.17. The third-order valence-corrected chi connectivity index (χ3v) is 13.7. The van der Waals surface area contributed by atoms with Crippen molar-refractivity contribution in [2.24, 2.45) is 23.7 Å². The highest BCUT2D eigenvalue weighted by molar-refractivity contribution is 6.12. The Hall–Kier alpha value is -5.16. The van der Waals surface area contributed by atoms with Crippen LogP contribution in [0.15, 0.2) is 42.5 Å². The number of amides is 7. The highest BCUT2D eigenvalue weighted by Crippen LogP contribution is 2.33. The number of hydrogen-bond acceptors (Lipinski definition) is 10. The summed E-state index contributed by atoms with van der Waals surface area (Å²) in [5.74, 6) is -5.28. The Balaban J connectivity index is 1.74. The van der Waals surface area contributed by atoms with E-state index in [9.17, 15) is 43.5 Å². The number of imide groups is 1. The molecule has 3 N–H and O–H groups in total. The molecule has 7 amide bonds. The molecule has 374 valence electrons. The second-order valence-corrected chi connectivity index (χ2v) is 19.1. The van der Waals surface area contributed by atoms with E-state index in [0.29, 0.717) is 38.5 Å². The lowest BCUT2D eigenvalue weighted by molar-refractivity contribution is -0.150. The van der Waals surface area contributed by atoms with Crippen LogP contribution in [0.2, 0.25) is 0 Å². The van der Waals surface area contributed by atoms with Crippen LogP contribution in [0.3, 0.4) is 0 Å². The van der Waals surface area contributed by atoms with E-state index in [-0.39, 0.29) is 79.1 Å². The van der Waals surface area contributed by atoms with Crippen molar-refractivity contribution in [3.8, 4) is 0 Å². The molecular formula is C50H78N6O11. The number of nitrogens with one attached hydrogen (secondary N) is 2. The van der Waals surface area contributed by atoms with Crippen LogP contribution >= 0.6 is 0 Å². The number of carbonyl (C=O) groups is 8. The average molecular weight is 939 g/mol. The minimum absolute atomic E-state index is 0.0914. The quantitative estimate of drug-likeness (QED) is 0.0840. The standard InChI is InChI=1S/C50H78N6O11/c1-13-32(6)45(54(10)49(63)43(30(2)3)52-48(62)44(31(4)5)53(9)39(57)22-18-15-19-27-55-40(58)25-26-41(55)59)38(66-11)29-42(60)56-33(7)23-24-37(56)46(67-12)34(8)47(61)51-36(50(64)65)28-35-20-16-14-17-21-35/h14,16-17,20-21,25-26,30-34,36-38,43-46H,13,15,18-19,22-24,27-29H2,1-12H3,(H,51,61)(H,52,62)(H,64,65)/t32-,33-,34+,36-,37-,38?,43-,44-,45-,46+/m0/s1. The molecular weight excluding hydrogens is 861 g/mol. The SMILES string of the molecule is CC[C@H](C)[C@@H](C(CC(=O)N1[C@@H](C)CC[C@H]1[C@H](OC)[C@@H](C)C(=O)N[C@@H](Cc1ccccc1)C(=O)O)OC)N(C)C(=O)[C@@H](NC(=O)[C@H](C(C)C)N(C)C(=O)CCCCCN1C(=O)C=CC1=O)C(C)C. The summed E-state index contributed by atoms with van der Waals surface area (Å²) in [6.45, 7) is 15.2. The lowest BCUT2D eigenvalue weighted by atomic mass is 9.89. The van der Waals surface area contributed by atoms with E-state index in [2.05, 4.69) is 10.6 Å². The number of aliphatic carboxylic acids is 1. The maximum Gasteiger partial charge on any atom is 0.326 e. The maximum atomic E-state index is 14.6. The number of benzene rings is 1. The van der Waals surface area contributed by atoms with Gasteiger partial charge in [-0.05, 0) is 55.9 Å². The van der Waals surface area contributed by atoms with Crippen LogP contribution in [-0.4, -0.2) is 155 Å². The van der Waals surface area contributed by atoms with Gasteiger partial charge < -0.3 is 39.9 Å². The molecule has 17 nitrogen and oxygen atoms in total. The topological polar surface area (TPSA) is 212 Å². The second kappa shape index (κ2) is 26.4. The van der Waals surface area contributed by atoms with Crippen LogP contribution in [0.4, 0.5) is 0 Å². The molecule has 1 saturated heterocycles. The molecule has 17 heteroatoms. The Morgan fingerprint density at radius 1 is 0.821 bits per heavy atom. The molecule has 10 atom stereocenters. The highest BCUT2D eigenvalue weighted by Gasteiger charge is 2.46. The molecule has 0 aliphatic carbocycles. The van der Waals surface area contributed by atoms with Crippen molar-refractivity contribution in [2.45, 2.75) is 162 Å². The molecule has 1 aromatic carbocycles. The maximum absolute atomic E-state index is 14.6. The van der Waals surface area contributed by atoms with Gasteiger partial charge in [-0.2, -0.15) is 0 Å². The third kappa shape index (κ3) is 14.9. The fraction of sp³-hybridized carbons (Fsp3) is 0.680. The smallest absolute Gasteiger partial charge is 0.326 e. The van der Waals surface area contributed by atoms with Gasteiger partial charge in [0.05, 0.1) is 36.6 Å². The molecule has 0 spiro atoms. The fourth-order valence-electron chi connectivity index (χ4n) is 9.58. The Morgan fingerprint density at radius 3 is 1.99 bits per heavy atom. The number of rotatable bonds is 27. The number of ether oxygens (including phenoxy) is 2. The molecule has 3 rings (SSSR count). The molecule has 67 heavy (non-hydrogen) atoms. The van der Waals surface area contributed by atoms with Gasteiger partial charge in [-0.1, -0.05) is 91.6 Å². The molecule has 0 aromatic heterocycles. The lowest BCUT2D eigenvalue weighted by Crippen LogP contribution is -2.60. The van der Waals surface area contributed by atoms with Crippen LogP contribution in [0, 0.1) is 23.7 Å². The number of nitrogens with zero attached hydrogens (tertiary/aromatic N) is 4. The molecule has 1 fully saturated rings. The van der Waals surface area contributed by atoms with E-state index in [0.717, 1.165) is 5.56 Å². The number of carbonyl (C=O) groups excluding carboxylic acids is 7. The first kappa shape index (κ1) is 56.2. The van der Waals surface area contributed by atoms with E-state index < -0.39 is 66.1 Å². The summed E-state index contributed by atoms with van der Waals surface area (Å²) in [5, 5.41) is 15.6. The zero-order valence-electron chi connectivity index (χ0n) is 41.9. The molecule has 2 aliphatic rings. The average Bonchev–Trinajstić information content (AvgIpc) is 3.83. The van der Waals surface area contributed by atoms with Crippen LogP contribution in [0.25, 0.3) is 0 Å². The van der Waals surface area contributed by atoms with Gasteiger partial charge in [-0.15, -0.1) is 0 Å². The number of methoxy groups -OCH3 is 2. The van der Waals surface area contributed by atoms with Gasteiger partial charge in [-0.25, -0.2) is 4.79 Å². The van der Waals surface area contributed by atoms with Gasteiger partial charge in [0.1, 0.15) is 18.1 Å². The number of carboxylic acid groups (broad SMARTS) is 1. The summed E-state index contributed by atoms with van der Waals surface area (Å²) in [5.41, 5.74) is 0.761. The zero-order valence-corrected chi connectivity index (χ0v) is 41.9. The molecule has 1 unspecified atom stereocenters. The van der Waals surface area contributed by atoms with E-state index in [1.54, 1.807) is 55.1 Å². The van der Waals surface area contributed by atoms with Crippen molar-refractivity contribution in [3.05, 3.63) is 48.0 Å². The summed E-state index contributed by atoms with van der Waals surface area (Å²) in [6, 6.07) is 4.73. The Kier molecular flexibility index (Phi) is 22.1. The molecule has 2 aliphatic heterocycles.